The highest BCUT2D eigenvalue weighted by Crippen LogP contribution is 2.22. The van der Waals surface area contributed by atoms with Crippen LogP contribution in [0.15, 0.2) is 29.3 Å². The molecule has 0 saturated heterocycles. The number of benzene rings is 1. The lowest BCUT2D eigenvalue weighted by Gasteiger charge is -2.09. The summed E-state index contributed by atoms with van der Waals surface area (Å²) in [4.78, 5) is 16.3. The van der Waals surface area contributed by atoms with Crippen LogP contribution >= 0.6 is 11.3 Å². The van der Waals surface area contributed by atoms with Crippen molar-refractivity contribution in [3.8, 4) is 5.75 Å². The number of carbonyl (C=O) groups is 1. The number of alkyl halides is 3. The van der Waals surface area contributed by atoms with Crippen LogP contribution in [0.4, 0.5) is 18.9 Å². The summed E-state index contributed by atoms with van der Waals surface area (Å²) in [5.41, 5.74) is 0.764. The number of ether oxygens (including phenoxy) is 1. The van der Waals surface area contributed by atoms with Crippen molar-refractivity contribution in [1.29, 1.82) is 0 Å². The van der Waals surface area contributed by atoms with Gasteiger partial charge in [0.05, 0.1) is 17.2 Å². The third-order valence-electron chi connectivity index (χ3n) is 3.19. The second-order valence-electron chi connectivity index (χ2n) is 5.10. The zero-order valence-electron chi connectivity index (χ0n) is 13.5. The minimum atomic E-state index is -4.40. The van der Waals surface area contributed by atoms with Crippen LogP contribution in [-0.2, 0) is 6.54 Å². The SMILES string of the molecule is CCOc1ccc(N=c2sc(C(C)=O)c(C)n2CC(F)(F)F)cc1. The minimum absolute atomic E-state index is 0.138. The van der Waals surface area contributed by atoms with Crippen LogP contribution in [0.1, 0.15) is 29.2 Å². The highest BCUT2D eigenvalue weighted by atomic mass is 32.1. The molecule has 0 aliphatic heterocycles. The van der Waals surface area contributed by atoms with Gasteiger partial charge in [-0.3, -0.25) is 4.79 Å². The van der Waals surface area contributed by atoms with Crippen molar-refractivity contribution in [2.75, 3.05) is 6.61 Å². The normalized spacial score (nSPS) is 12.5. The molecule has 0 radical (unpaired) electrons. The molecule has 8 heteroatoms. The van der Waals surface area contributed by atoms with Crippen LogP contribution in [0.3, 0.4) is 0 Å². The van der Waals surface area contributed by atoms with E-state index in [0.717, 1.165) is 15.9 Å². The summed E-state index contributed by atoms with van der Waals surface area (Å²) in [7, 11) is 0. The Morgan fingerprint density at radius 3 is 2.42 bits per heavy atom. The minimum Gasteiger partial charge on any atom is -0.494 e. The highest BCUT2D eigenvalue weighted by Gasteiger charge is 2.30. The van der Waals surface area contributed by atoms with Crippen LogP contribution in [0, 0.1) is 6.92 Å². The number of rotatable bonds is 5. The van der Waals surface area contributed by atoms with Gasteiger partial charge in [-0.1, -0.05) is 11.3 Å². The molecule has 0 unspecified atom stereocenters. The van der Waals surface area contributed by atoms with Crippen molar-refractivity contribution in [1.82, 2.24) is 4.57 Å². The summed E-state index contributed by atoms with van der Waals surface area (Å²) in [6, 6.07) is 6.71. The van der Waals surface area contributed by atoms with Gasteiger partial charge in [0.25, 0.3) is 0 Å². The number of carbonyl (C=O) groups excluding carboxylic acids is 1. The zero-order valence-corrected chi connectivity index (χ0v) is 14.3. The summed E-state index contributed by atoms with van der Waals surface area (Å²) in [6.45, 7) is 4.02. The lowest BCUT2D eigenvalue weighted by Crippen LogP contribution is -2.26. The Bertz CT molecular complexity index is 789. The van der Waals surface area contributed by atoms with Gasteiger partial charge in [0.2, 0.25) is 0 Å². The van der Waals surface area contributed by atoms with E-state index in [9.17, 15) is 18.0 Å². The van der Waals surface area contributed by atoms with Crippen molar-refractivity contribution >= 4 is 22.8 Å². The predicted octanol–water partition coefficient (Wildman–Crippen LogP) is 4.25. The zero-order chi connectivity index (χ0) is 17.9. The number of nitrogens with zero attached hydrogens (tertiary/aromatic N) is 2. The van der Waals surface area contributed by atoms with E-state index in [1.807, 2.05) is 6.92 Å². The average Bonchev–Trinajstić information content (AvgIpc) is 2.77. The van der Waals surface area contributed by atoms with E-state index in [1.54, 1.807) is 24.3 Å². The van der Waals surface area contributed by atoms with E-state index in [4.69, 9.17) is 4.74 Å². The molecular weight excluding hydrogens is 341 g/mol. The van der Waals surface area contributed by atoms with E-state index >= 15 is 0 Å². The first-order chi connectivity index (χ1) is 11.2. The van der Waals surface area contributed by atoms with E-state index in [2.05, 4.69) is 4.99 Å². The maximum absolute atomic E-state index is 12.8. The summed E-state index contributed by atoms with van der Waals surface area (Å²) in [5, 5.41) is 0. The second kappa shape index (κ2) is 7.21. The number of ketones is 1. The lowest BCUT2D eigenvalue weighted by molar-refractivity contribution is -0.141. The molecule has 0 N–H and O–H groups in total. The fraction of sp³-hybridized carbons (Fsp3) is 0.375. The first-order valence-electron chi connectivity index (χ1n) is 7.26. The number of hydrogen-bond acceptors (Lipinski definition) is 4. The molecule has 24 heavy (non-hydrogen) atoms. The van der Waals surface area contributed by atoms with Gasteiger partial charge >= 0.3 is 6.18 Å². The maximum atomic E-state index is 12.8. The first-order valence-corrected chi connectivity index (χ1v) is 8.08. The van der Waals surface area contributed by atoms with Gasteiger partial charge in [-0.25, -0.2) is 4.99 Å². The summed E-state index contributed by atoms with van der Waals surface area (Å²) < 4.78 is 44.8. The quantitative estimate of drug-likeness (QED) is 0.750. The number of thiazole rings is 1. The van der Waals surface area contributed by atoms with Crippen LogP contribution in [0.2, 0.25) is 0 Å². The predicted molar refractivity (Wildman–Crippen MR) is 85.9 cm³/mol. The number of Topliss-reactive ketones (excluding diaryl/α,β-unsaturated/α-hetero) is 1. The fourth-order valence-corrected chi connectivity index (χ4v) is 3.20. The first kappa shape index (κ1) is 18.3. The van der Waals surface area contributed by atoms with Gasteiger partial charge in [-0.2, -0.15) is 13.2 Å². The van der Waals surface area contributed by atoms with E-state index < -0.39 is 12.7 Å². The Balaban J connectivity index is 2.50. The van der Waals surface area contributed by atoms with Crippen molar-refractivity contribution < 1.29 is 22.7 Å². The Hall–Kier alpha value is -2.09. The summed E-state index contributed by atoms with van der Waals surface area (Å²) >= 11 is 0.960. The Labute approximate surface area is 141 Å². The number of halogens is 3. The van der Waals surface area contributed by atoms with Crippen LogP contribution < -0.4 is 9.54 Å². The van der Waals surface area contributed by atoms with Crippen LogP contribution in [0.5, 0.6) is 5.75 Å². The van der Waals surface area contributed by atoms with Gasteiger partial charge < -0.3 is 9.30 Å². The van der Waals surface area contributed by atoms with Gasteiger partial charge in [-0.05, 0) is 38.1 Å². The molecule has 130 valence electrons. The van der Waals surface area contributed by atoms with Crippen molar-refractivity contribution in [3.63, 3.8) is 0 Å². The molecular formula is C16H17F3N2O2S. The molecule has 2 aromatic rings. The molecule has 0 spiro atoms. The Morgan fingerprint density at radius 2 is 1.92 bits per heavy atom. The van der Waals surface area contributed by atoms with Gasteiger partial charge in [0.15, 0.2) is 10.6 Å². The van der Waals surface area contributed by atoms with Crippen LogP contribution in [0.25, 0.3) is 0 Å². The largest absolute Gasteiger partial charge is 0.494 e. The topological polar surface area (TPSA) is 43.6 Å². The van der Waals surface area contributed by atoms with E-state index in [1.165, 1.54) is 13.8 Å². The van der Waals surface area contributed by atoms with Crippen LogP contribution in [-0.4, -0.2) is 23.1 Å². The fourth-order valence-electron chi connectivity index (χ4n) is 2.16. The molecule has 1 heterocycles. The third kappa shape index (κ3) is 4.47. The summed E-state index contributed by atoms with van der Waals surface area (Å²) in [6.07, 6.45) is -4.40. The van der Waals surface area contributed by atoms with E-state index in [0.29, 0.717) is 18.0 Å². The Morgan fingerprint density at radius 1 is 1.29 bits per heavy atom. The second-order valence-corrected chi connectivity index (χ2v) is 6.07. The number of aromatic nitrogens is 1. The van der Waals surface area contributed by atoms with Crippen molar-refractivity contribution in [2.45, 2.75) is 33.5 Å². The lowest BCUT2D eigenvalue weighted by atomic mass is 10.3. The molecule has 0 saturated carbocycles. The molecule has 1 aromatic heterocycles. The average molecular weight is 358 g/mol. The molecule has 0 fully saturated rings. The summed E-state index contributed by atoms with van der Waals surface area (Å²) in [5.74, 6) is 0.382. The van der Waals surface area contributed by atoms with Gasteiger partial charge in [0, 0.05) is 12.6 Å². The molecule has 1 aromatic carbocycles. The standard InChI is InChI=1S/C16H17F3N2O2S/c1-4-23-13-7-5-12(6-8-13)20-15-21(9-16(17,18)19)10(2)14(24-15)11(3)22/h5-8H,4,9H2,1-3H3. The van der Waals surface area contributed by atoms with Gasteiger partial charge in [0.1, 0.15) is 12.3 Å². The smallest absolute Gasteiger partial charge is 0.406 e. The highest BCUT2D eigenvalue weighted by molar-refractivity contribution is 7.11. The molecule has 2 rings (SSSR count). The maximum Gasteiger partial charge on any atom is 0.406 e. The molecule has 0 atom stereocenters. The molecule has 0 amide bonds. The van der Waals surface area contributed by atoms with Crippen molar-refractivity contribution in [3.05, 3.63) is 39.6 Å². The third-order valence-corrected chi connectivity index (χ3v) is 4.47. The van der Waals surface area contributed by atoms with Crippen molar-refractivity contribution in [2.24, 2.45) is 4.99 Å². The molecule has 0 bridgehead atoms. The number of hydrogen-bond donors (Lipinski definition) is 0. The molecule has 0 aliphatic carbocycles. The van der Waals surface area contributed by atoms with E-state index in [-0.39, 0.29) is 21.2 Å². The Kier molecular flexibility index (Phi) is 5.48. The molecule has 0 aliphatic rings. The van der Waals surface area contributed by atoms with Gasteiger partial charge in [-0.15, -0.1) is 0 Å². The monoisotopic (exact) mass is 358 g/mol. The molecule has 4 nitrogen and oxygen atoms in total.